The second-order valence-corrected chi connectivity index (χ2v) is 7.95. The molecular formula is C23H21BrN6O2. The van der Waals surface area contributed by atoms with Gasteiger partial charge in [0.1, 0.15) is 13.1 Å². The number of fused-ring (bicyclic) bond motifs is 1. The van der Waals surface area contributed by atoms with Crippen molar-refractivity contribution in [3.05, 3.63) is 82.1 Å². The summed E-state index contributed by atoms with van der Waals surface area (Å²) in [5, 5.41) is 8.16. The second kappa shape index (κ2) is 9.69. The van der Waals surface area contributed by atoms with Crippen molar-refractivity contribution in [1.29, 1.82) is 0 Å². The molecule has 1 aliphatic rings. The Balaban J connectivity index is 1.57. The summed E-state index contributed by atoms with van der Waals surface area (Å²) >= 11 is 3.50. The Hall–Kier alpha value is -3.59. The van der Waals surface area contributed by atoms with Crippen LogP contribution in [0.1, 0.15) is 23.7 Å². The SMILES string of the molecule is CCn1nccc1C=NNC(=O)CN1C(=O)CN=C(c2ccccc2)c2cc(Br)ccc21. The Morgan fingerprint density at radius 1 is 1.22 bits per heavy atom. The molecule has 0 saturated carbocycles. The predicted octanol–water partition coefficient (Wildman–Crippen LogP) is 3.00. The molecule has 2 amide bonds. The number of nitrogens with one attached hydrogen (secondary N) is 1. The minimum atomic E-state index is -0.408. The highest BCUT2D eigenvalue weighted by molar-refractivity contribution is 9.10. The first-order chi connectivity index (χ1) is 15.6. The monoisotopic (exact) mass is 492 g/mol. The number of rotatable bonds is 6. The smallest absolute Gasteiger partial charge is 0.260 e. The van der Waals surface area contributed by atoms with Crippen molar-refractivity contribution < 1.29 is 9.59 Å². The molecule has 2 heterocycles. The van der Waals surface area contributed by atoms with E-state index in [1.807, 2.05) is 55.5 Å². The number of halogens is 1. The number of aliphatic imine (C=N–C) groups is 1. The van der Waals surface area contributed by atoms with E-state index in [0.29, 0.717) is 17.9 Å². The number of aromatic nitrogens is 2. The van der Waals surface area contributed by atoms with Crippen LogP contribution in [0.5, 0.6) is 0 Å². The Bertz CT molecular complexity index is 1200. The van der Waals surface area contributed by atoms with Crippen LogP contribution in [0.25, 0.3) is 0 Å². The molecule has 162 valence electrons. The van der Waals surface area contributed by atoms with E-state index in [1.165, 1.54) is 11.1 Å². The Morgan fingerprint density at radius 2 is 2.03 bits per heavy atom. The van der Waals surface area contributed by atoms with E-state index in [4.69, 9.17) is 0 Å². The van der Waals surface area contributed by atoms with Gasteiger partial charge in [-0.15, -0.1) is 0 Å². The van der Waals surface area contributed by atoms with Crippen LogP contribution in [0.4, 0.5) is 5.69 Å². The number of carbonyl (C=O) groups is 2. The Kier molecular flexibility index (Phi) is 6.55. The number of benzodiazepines with no additional fused rings is 1. The van der Waals surface area contributed by atoms with Crippen molar-refractivity contribution >= 4 is 45.4 Å². The van der Waals surface area contributed by atoms with E-state index in [1.54, 1.807) is 16.9 Å². The molecule has 0 aliphatic carbocycles. The fourth-order valence-corrected chi connectivity index (χ4v) is 3.83. The van der Waals surface area contributed by atoms with Crippen molar-refractivity contribution in [1.82, 2.24) is 15.2 Å². The predicted molar refractivity (Wildman–Crippen MR) is 127 cm³/mol. The lowest BCUT2D eigenvalue weighted by Gasteiger charge is -2.22. The Morgan fingerprint density at radius 3 is 2.81 bits per heavy atom. The highest BCUT2D eigenvalue weighted by Gasteiger charge is 2.27. The topological polar surface area (TPSA) is 92.0 Å². The van der Waals surface area contributed by atoms with Gasteiger partial charge in [-0.1, -0.05) is 46.3 Å². The molecular weight excluding hydrogens is 472 g/mol. The van der Waals surface area contributed by atoms with Crippen molar-refractivity contribution in [2.24, 2.45) is 10.1 Å². The van der Waals surface area contributed by atoms with Crippen LogP contribution in [0.2, 0.25) is 0 Å². The van der Waals surface area contributed by atoms with Gasteiger partial charge in [0.15, 0.2) is 0 Å². The number of carbonyl (C=O) groups excluding carboxylic acids is 2. The van der Waals surface area contributed by atoms with Gasteiger partial charge in [0, 0.05) is 28.3 Å². The zero-order valence-electron chi connectivity index (χ0n) is 17.4. The lowest BCUT2D eigenvalue weighted by molar-refractivity contribution is -0.123. The van der Waals surface area contributed by atoms with Gasteiger partial charge in [0.2, 0.25) is 5.91 Å². The second-order valence-electron chi connectivity index (χ2n) is 7.04. The van der Waals surface area contributed by atoms with Gasteiger partial charge >= 0.3 is 0 Å². The molecule has 8 nitrogen and oxygen atoms in total. The number of hydrogen-bond donors (Lipinski definition) is 1. The average Bonchev–Trinajstić information content (AvgIpc) is 3.21. The lowest BCUT2D eigenvalue weighted by Crippen LogP contribution is -2.40. The quantitative estimate of drug-likeness (QED) is 0.423. The summed E-state index contributed by atoms with van der Waals surface area (Å²) in [6.07, 6.45) is 3.20. The molecule has 0 unspecified atom stereocenters. The standard InChI is InChI=1S/C23H21BrN6O2/c1-2-30-18(10-11-27-30)13-26-28-21(31)15-29-20-9-8-17(24)12-19(20)23(25-14-22(29)32)16-6-4-3-5-7-16/h3-13H,2,14-15H2,1H3,(H,28,31). The molecule has 3 aromatic rings. The van der Waals surface area contributed by atoms with E-state index in [-0.39, 0.29) is 19.0 Å². The minimum absolute atomic E-state index is 0.0528. The molecule has 0 spiro atoms. The Labute approximate surface area is 193 Å². The van der Waals surface area contributed by atoms with Crippen LogP contribution < -0.4 is 10.3 Å². The third-order valence-corrected chi connectivity index (χ3v) is 5.46. The first kappa shape index (κ1) is 21.6. The fraction of sp³-hybridized carbons (Fsp3) is 0.174. The van der Waals surface area contributed by atoms with Crippen LogP contribution in [0.3, 0.4) is 0 Å². The molecule has 0 atom stereocenters. The maximum absolute atomic E-state index is 12.9. The maximum atomic E-state index is 12.9. The number of hydrogen-bond acceptors (Lipinski definition) is 5. The van der Waals surface area contributed by atoms with Gasteiger partial charge in [0.05, 0.1) is 23.3 Å². The molecule has 9 heteroatoms. The number of amides is 2. The molecule has 4 rings (SSSR count). The van der Waals surface area contributed by atoms with Crippen LogP contribution in [0.15, 0.2) is 75.4 Å². The summed E-state index contributed by atoms with van der Waals surface area (Å²) in [6.45, 7) is 2.44. The molecule has 1 N–H and O–H groups in total. The number of nitrogens with zero attached hydrogens (tertiary/aromatic N) is 5. The molecule has 0 bridgehead atoms. The number of hydrazone groups is 1. The van der Waals surface area contributed by atoms with Crippen LogP contribution in [-0.2, 0) is 16.1 Å². The van der Waals surface area contributed by atoms with E-state index in [2.05, 4.69) is 36.5 Å². The van der Waals surface area contributed by atoms with Gasteiger partial charge in [-0.2, -0.15) is 10.2 Å². The summed E-state index contributed by atoms with van der Waals surface area (Å²) in [5.41, 5.74) is 6.29. The lowest BCUT2D eigenvalue weighted by atomic mass is 10.0. The van der Waals surface area contributed by atoms with Crippen LogP contribution in [-0.4, -0.2) is 46.6 Å². The van der Waals surface area contributed by atoms with E-state index < -0.39 is 5.91 Å². The maximum Gasteiger partial charge on any atom is 0.260 e. The van der Waals surface area contributed by atoms with Crippen LogP contribution >= 0.6 is 15.9 Å². The molecule has 0 saturated heterocycles. The zero-order chi connectivity index (χ0) is 22.5. The molecule has 1 aromatic heterocycles. The summed E-state index contributed by atoms with van der Waals surface area (Å²) in [7, 11) is 0. The highest BCUT2D eigenvalue weighted by Crippen LogP contribution is 2.29. The summed E-state index contributed by atoms with van der Waals surface area (Å²) in [4.78, 5) is 31.5. The van der Waals surface area contributed by atoms with Gasteiger partial charge < -0.3 is 4.90 Å². The van der Waals surface area contributed by atoms with Gasteiger partial charge in [0.25, 0.3) is 5.91 Å². The van der Waals surface area contributed by atoms with Crippen molar-refractivity contribution in [3.63, 3.8) is 0 Å². The van der Waals surface area contributed by atoms with E-state index in [0.717, 1.165) is 21.3 Å². The number of benzene rings is 2. The van der Waals surface area contributed by atoms with Crippen molar-refractivity contribution in [2.75, 3.05) is 18.0 Å². The van der Waals surface area contributed by atoms with E-state index >= 15 is 0 Å². The highest BCUT2D eigenvalue weighted by atomic mass is 79.9. The molecule has 0 fully saturated rings. The van der Waals surface area contributed by atoms with Gasteiger partial charge in [-0.05, 0) is 31.2 Å². The minimum Gasteiger partial charge on any atom is -0.301 e. The molecule has 32 heavy (non-hydrogen) atoms. The summed E-state index contributed by atoms with van der Waals surface area (Å²) in [5.74, 6) is -0.670. The number of anilines is 1. The van der Waals surface area contributed by atoms with Gasteiger partial charge in [-0.3, -0.25) is 19.3 Å². The first-order valence-corrected chi connectivity index (χ1v) is 10.9. The zero-order valence-corrected chi connectivity index (χ0v) is 19.0. The molecule has 0 radical (unpaired) electrons. The first-order valence-electron chi connectivity index (χ1n) is 10.1. The van der Waals surface area contributed by atoms with Gasteiger partial charge in [-0.25, -0.2) is 5.43 Å². The number of aryl methyl sites for hydroxylation is 1. The third-order valence-electron chi connectivity index (χ3n) is 4.96. The summed E-state index contributed by atoms with van der Waals surface area (Å²) < 4.78 is 2.61. The summed E-state index contributed by atoms with van der Waals surface area (Å²) in [6, 6.07) is 17.1. The largest absolute Gasteiger partial charge is 0.301 e. The third kappa shape index (κ3) is 4.67. The average molecular weight is 493 g/mol. The molecule has 1 aliphatic heterocycles. The van der Waals surface area contributed by atoms with E-state index in [9.17, 15) is 9.59 Å². The van der Waals surface area contributed by atoms with Crippen molar-refractivity contribution in [2.45, 2.75) is 13.5 Å². The molecule has 2 aromatic carbocycles. The fourth-order valence-electron chi connectivity index (χ4n) is 3.47. The van der Waals surface area contributed by atoms with Crippen molar-refractivity contribution in [3.8, 4) is 0 Å². The normalized spacial score (nSPS) is 13.6. The van der Waals surface area contributed by atoms with Crippen LogP contribution in [0, 0.1) is 0 Å².